The maximum Gasteiger partial charge on any atom is 0.0793 e. The molecule has 7 aromatic rings. The molecule has 0 radical (unpaired) electrons. The summed E-state index contributed by atoms with van der Waals surface area (Å²) in [6, 6.07) is 36.5. The highest BCUT2D eigenvalue weighted by molar-refractivity contribution is 6.26. The third kappa shape index (κ3) is 3.02. The van der Waals surface area contributed by atoms with E-state index in [-0.39, 0.29) is 0 Å². The number of fused-ring (bicyclic) bond motifs is 6. The fraction of sp³-hybridized carbons (Fsp3) is 0.0286. The van der Waals surface area contributed by atoms with Gasteiger partial charge in [-0.3, -0.25) is 9.97 Å². The van der Waals surface area contributed by atoms with Crippen LogP contribution in [0.2, 0.25) is 0 Å². The average molecular weight is 486 g/mol. The van der Waals surface area contributed by atoms with Crippen molar-refractivity contribution in [2.24, 2.45) is 0 Å². The summed E-state index contributed by atoms with van der Waals surface area (Å²) < 4.78 is 0. The van der Waals surface area contributed by atoms with Crippen LogP contribution in [0.25, 0.3) is 66.3 Å². The smallest absolute Gasteiger partial charge is 0.0793 e. The van der Waals surface area contributed by atoms with Crippen LogP contribution < -0.4 is 15.8 Å². The number of rotatable bonds is 2. The van der Waals surface area contributed by atoms with Gasteiger partial charge in [-0.15, -0.1) is 0 Å². The highest BCUT2D eigenvalue weighted by Gasteiger charge is 2.22. The molecule has 0 aliphatic carbocycles. The minimum Gasteiger partial charge on any atom is -0.381 e. The Morgan fingerprint density at radius 1 is 0.579 bits per heavy atom. The summed E-state index contributed by atoms with van der Waals surface area (Å²) >= 11 is 0. The molecule has 0 spiro atoms. The molecule has 0 bridgehead atoms. The monoisotopic (exact) mass is 485 g/mol. The van der Waals surface area contributed by atoms with E-state index in [9.17, 15) is 0 Å². The number of nitrogens with zero attached hydrogens (tertiary/aromatic N) is 2. The highest BCUT2D eigenvalue weighted by atomic mass is 14.9. The lowest BCUT2D eigenvalue weighted by Crippen LogP contribution is -2.37. The standard InChI is InChI=1S/C35H23N3/c1-3-11-24-22(9-1)17-19-36-34(24)32-26-13-5-6-14-27(26)33(35-25-12-4-2-10-23(25)18-20-37-35)31-28-15-7-8-16-30(28)38-21-29(31)32/h1-18,20-21,36H,19H2. The first kappa shape index (κ1) is 21.1. The van der Waals surface area contributed by atoms with Crippen molar-refractivity contribution < 1.29 is 0 Å². The lowest BCUT2D eigenvalue weighted by Gasteiger charge is -2.22. The molecule has 38 heavy (non-hydrogen) atoms. The van der Waals surface area contributed by atoms with E-state index in [1.165, 1.54) is 37.5 Å². The van der Waals surface area contributed by atoms with Crippen LogP contribution in [0.3, 0.4) is 0 Å². The number of aromatic nitrogens is 2. The Hall–Kier alpha value is -5.02. The summed E-state index contributed by atoms with van der Waals surface area (Å²) in [4.78, 5) is 9.97. The normalized spacial score (nSPS) is 13.0. The molecule has 0 saturated carbocycles. The highest BCUT2D eigenvalue weighted by Crippen LogP contribution is 2.44. The number of hydrogen-bond donors (Lipinski definition) is 1. The number of benzene rings is 5. The summed E-state index contributed by atoms with van der Waals surface area (Å²) in [7, 11) is 0. The molecule has 5 aromatic carbocycles. The number of para-hydroxylation sites is 1. The topological polar surface area (TPSA) is 37.8 Å². The largest absolute Gasteiger partial charge is 0.381 e. The zero-order chi connectivity index (χ0) is 25.1. The van der Waals surface area contributed by atoms with Crippen molar-refractivity contribution in [3.05, 3.63) is 132 Å². The van der Waals surface area contributed by atoms with Crippen LogP contribution in [-0.2, 0) is 0 Å². The van der Waals surface area contributed by atoms with Gasteiger partial charge in [-0.25, -0.2) is 0 Å². The third-order valence-electron chi connectivity index (χ3n) is 7.75. The molecule has 1 aliphatic heterocycles. The number of nitrogens with one attached hydrogen (secondary N) is 1. The van der Waals surface area contributed by atoms with Crippen LogP contribution in [-0.4, -0.2) is 16.5 Å². The van der Waals surface area contributed by atoms with E-state index in [0.717, 1.165) is 45.2 Å². The molecule has 0 atom stereocenters. The van der Waals surface area contributed by atoms with Crippen LogP contribution in [0.15, 0.2) is 116 Å². The molecule has 1 aliphatic rings. The molecule has 0 amide bonds. The summed E-state index contributed by atoms with van der Waals surface area (Å²) in [5, 5.41) is 14.4. The number of pyridine rings is 2. The Bertz CT molecular complexity index is 2190. The van der Waals surface area contributed by atoms with E-state index in [2.05, 4.69) is 121 Å². The van der Waals surface area contributed by atoms with Crippen molar-refractivity contribution in [1.29, 1.82) is 0 Å². The van der Waals surface area contributed by atoms with Crippen LogP contribution in [0.1, 0.15) is 5.56 Å². The second-order valence-electron chi connectivity index (χ2n) is 9.79. The van der Waals surface area contributed by atoms with Gasteiger partial charge in [0.05, 0.1) is 16.9 Å². The van der Waals surface area contributed by atoms with Crippen molar-refractivity contribution in [1.82, 2.24) is 15.3 Å². The Balaban J connectivity index is 1.67. The first-order valence-corrected chi connectivity index (χ1v) is 13.0. The molecule has 178 valence electrons. The quantitative estimate of drug-likeness (QED) is 0.231. The maximum absolute atomic E-state index is 5.01. The van der Waals surface area contributed by atoms with E-state index in [1.807, 2.05) is 6.20 Å². The summed E-state index contributed by atoms with van der Waals surface area (Å²) in [5.41, 5.74) is 5.49. The summed E-state index contributed by atoms with van der Waals surface area (Å²) in [6.45, 7) is 0.788. The Labute approximate surface area is 219 Å². The van der Waals surface area contributed by atoms with Crippen molar-refractivity contribution in [3.8, 4) is 11.3 Å². The van der Waals surface area contributed by atoms with Gasteiger partial charge in [-0.05, 0) is 33.5 Å². The van der Waals surface area contributed by atoms with Crippen LogP contribution in [0.5, 0.6) is 0 Å². The van der Waals surface area contributed by atoms with Gasteiger partial charge in [0.2, 0.25) is 0 Å². The predicted octanol–water partition coefficient (Wildman–Crippen LogP) is 6.30. The SMILES string of the molecule is C1=c2ccccc2=C(c2c3ccccc3c(-c3nccc4ccccc34)c3c2cnc2ccccc23)NC1. The average Bonchev–Trinajstić information content (AvgIpc) is 2.99. The first-order valence-electron chi connectivity index (χ1n) is 13.0. The fourth-order valence-corrected chi connectivity index (χ4v) is 6.12. The molecule has 3 nitrogen and oxygen atoms in total. The van der Waals surface area contributed by atoms with Gasteiger partial charge >= 0.3 is 0 Å². The van der Waals surface area contributed by atoms with Gasteiger partial charge in [-0.2, -0.15) is 0 Å². The van der Waals surface area contributed by atoms with Crippen molar-refractivity contribution in [3.63, 3.8) is 0 Å². The molecule has 0 saturated heterocycles. The van der Waals surface area contributed by atoms with Crippen molar-refractivity contribution in [2.75, 3.05) is 6.54 Å². The predicted molar refractivity (Wildman–Crippen MR) is 158 cm³/mol. The zero-order valence-corrected chi connectivity index (χ0v) is 20.6. The molecule has 2 aromatic heterocycles. The Morgan fingerprint density at radius 3 is 2.18 bits per heavy atom. The van der Waals surface area contributed by atoms with Gasteiger partial charge in [0.15, 0.2) is 0 Å². The maximum atomic E-state index is 5.01. The van der Waals surface area contributed by atoms with Crippen LogP contribution in [0, 0.1) is 0 Å². The van der Waals surface area contributed by atoms with Crippen LogP contribution in [0.4, 0.5) is 0 Å². The van der Waals surface area contributed by atoms with Crippen molar-refractivity contribution in [2.45, 2.75) is 0 Å². The Kier molecular flexibility index (Phi) is 4.58. The van der Waals surface area contributed by atoms with Gasteiger partial charge in [-0.1, -0.05) is 97.1 Å². The van der Waals surface area contributed by atoms with Gasteiger partial charge in [0.1, 0.15) is 0 Å². The van der Waals surface area contributed by atoms with Gasteiger partial charge in [0, 0.05) is 56.8 Å². The van der Waals surface area contributed by atoms with E-state index >= 15 is 0 Å². The third-order valence-corrected chi connectivity index (χ3v) is 7.75. The van der Waals surface area contributed by atoms with Gasteiger partial charge < -0.3 is 5.32 Å². The van der Waals surface area contributed by atoms with E-state index in [1.54, 1.807) is 0 Å². The second kappa shape index (κ2) is 8.25. The molecule has 0 unspecified atom stereocenters. The molecule has 3 heteroatoms. The first-order chi connectivity index (χ1) is 18.9. The van der Waals surface area contributed by atoms with E-state index in [0.29, 0.717) is 0 Å². The lowest BCUT2D eigenvalue weighted by molar-refractivity contribution is 1.01. The summed E-state index contributed by atoms with van der Waals surface area (Å²) in [6.07, 6.45) is 6.24. The van der Waals surface area contributed by atoms with Gasteiger partial charge in [0.25, 0.3) is 0 Å². The zero-order valence-electron chi connectivity index (χ0n) is 20.6. The number of hydrogen-bond acceptors (Lipinski definition) is 3. The molecule has 0 fully saturated rings. The fourth-order valence-electron chi connectivity index (χ4n) is 6.12. The van der Waals surface area contributed by atoms with E-state index in [4.69, 9.17) is 9.97 Å². The van der Waals surface area contributed by atoms with Crippen molar-refractivity contribution >= 4 is 55.0 Å². The minimum atomic E-state index is 0.788. The molecule has 8 rings (SSSR count). The van der Waals surface area contributed by atoms with Crippen LogP contribution >= 0.6 is 0 Å². The minimum absolute atomic E-state index is 0.788. The second-order valence-corrected chi connectivity index (χ2v) is 9.79. The lowest BCUT2D eigenvalue weighted by atomic mass is 9.86. The molecule has 1 N–H and O–H groups in total. The summed E-state index contributed by atoms with van der Waals surface area (Å²) in [5.74, 6) is 0. The molecular weight excluding hydrogens is 462 g/mol. The Morgan fingerprint density at radius 2 is 1.29 bits per heavy atom. The molecular formula is C35H23N3. The van der Waals surface area contributed by atoms with E-state index < -0.39 is 0 Å². The molecule has 3 heterocycles.